The maximum atomic E-state index is 12.4. The lowest BCUT2D eigenvalue weighted by Gasteiger charge is -2.10. The molecule has 0 saturated carbocycles. The number of hydrogen-bond acceptors (Lipinski definition) is 3. The van der Waals surface area contributed by atoms with Crippen LogP contribution in [0.3, 0.4) is 0 Å². The molecule has 0 saturated heterocycles. The van der Waals surface area contributed by atoms with Gasteiger partial charge in [0.15, 0.2) is 5.78 Å². The summed E-state index contributed by atoms with van der Waals surface area (Å²) in [7, 11) is 1.69. The molecule has 2 aromatic carbocycles. The van der Waals surface area contributed by atoms with Crippen LogP contribution in [0, 0.1) is 0 Å². The molecule has 104 valence electrons. The first kappa shape index (κ1) is 14.5. The molecule has 0 heterocycles. The largest absolute Gasteiger partial charge is 0.388 e. The topological polar surface area (TPSA) is 29.1 Å². The van der Waals surface area contributed by atoms with Crippen molar-refractivity contribution in [1.82, 2.24) is 0 Å². The quantitative estimate of drug-likeness (QED) is 0.659. The molecule has 2 nitrogen and oxygen atoms in total. The summed E-state index contributed by atoms with van der Waals surface area (Å²) < 4.78 is 24.8. The average Bonchev–Trinajstić information content (AvgIpc) is 2.46. The number of halogens is 2. The first-order chi connectivity index (χ1) is 9.61. The van der Waals surface area contributed by atoms with Crippen molar-refractivity contribution in [2.45, 2.75) is 10.7 Å². The molecule has 0 spiro atoms. The molecule has 0 aromatic heterocycles. The van der Waals surface area contributed by atoms with E-state index in [1.54, 1.807) is 43.4 Å². The molecule has 2 aromatic rings. The molecule has 5 heteroatoms. The lowest BCUT2D eigenvalue weighted by Crippen LogP contribution is -2.05. The number of ketones is 1. The number of hydrogen-bond donors (Lipinski definition) is 1. The molecule has 0 bridgehead atoms. The van der Waals surface area contributed by atoms with Gasteiger partial charge in [-0.2, -0.15) is 8.78 Å². The summed E-state index contributed by atoms with van der Waals surface area (Å²) in [6.45, 7) is 0. The molecule has 0 aliphatic carbocycles. The minimum atomic E-state index is -2.50. The van der Waals surface area contributed by atoms with Crippen molar-refractivity contribution < 1.29 is 13.6 Å². The van der Waals surface area contributed by atoms with Gasteiger partial charge in [-0.15, -0.1) is 0 Å². The summed E-state index contributed by atoms with van der Waals surface area (Å²) in [5.74, 6) is -2.69. The van der Waals surface area contributed by atoms with Crippen molar-refractivity contribution >= 4 is 23.2 Å². The van der Waals surface area contributed by atoms with E-state index in [0.29, 0.717) is 33.5 Å². The van der Waals surface area contributed by atoms with Gasteiger partial charge in [0.1, 0.15) is 0 Å². The van der Waals surface area contributed by atoms with Crippen LogP contribution in [0.4, 0.5) is 14.5 Å². The van der Waals surface area contributed by atoms with Gasteiger partial charge in [-0.1, -0.05) is 42.1 Å². The number of carbonyl (C=O) groups excluding carboxylic acids is 1. The van der Waals surface area contributed by atoms with Crippen molar-refractivity contribution in [2.24, 2.45) is 0 Å². The van der Waals surface area contributed by atoms with E-state index in [0.717, 1.165) is 0 Å². The molecule has 2 rings (SSSR count). The Hall–Kier alpha value is -1.88. The predicted octanol–water partition coefficient (Wildman–Crippen LogP) is 4.27. The highest BCUT2D eigenvalue weighted by Crippen LogP contribution is 2.29. The molecular weight excluding hydrogens is 280 g/mol. The Morgan fingerprint density at radius 2 is 1.85 bits per heavy atom. The number of rotatable bonds is 5. The Morgan fingerprint density at radius 1 is 1.15 bits per heavy atom. The summed E-state index contributed by atoms with van der Waals surface area (Å²) in [4.78, 5) is 12.8. The number of nitrogens with one attached hydrogen (secondary N) is 1. The summed E-state index contributed by atoms with van der Waals surface area (Å²) in [5, 5.41) is 2.91. The van der Waals surface area contributed by atoms with E-state index < -0.39 is 5.76 Å². The van der Waals surface area contributed by atoms with Crippen LogP contribution in [-0.4, -0.2) is 18.6 Å². The van der Waals surface area contributed by atoms with Crippen LogP contribution in [0.5, 0.6) is 0 Å². The Labute approximate surface area is 120 Å². The number of thioether (sulfide) groups is 1. The third-order valence-corrected chi connectivity index (χ3v) is 3.47. The Morgan fingerprint density at radius 3 is 2.45 bits per heavy atom. The fourth-order valence-electron chi connectivity index (χ4n) is 1.85. The molecule has 0 aliphatic rings. The summed E-state index contributed by atoms with van der Waals surface area (Å²) in [6.07, 6.45) is 0. The van der Waals surface area contributed by atoms with Crippen LogP contribution in [-0.2, 0) is 0 Å². The van der Waals surface area contributed by atoms with Gasteiger partial charge in [-0.05, 0) is 18.2 Å². The second-order valence-corrected chi connectivity index (χ2v) is 5.09. The normalized spacial score (nSPS) is 10.6. The van der Waals surface area contributed by atoms with E-state index in [1.165, 1.54) is 6.07 Å². The van der Waals surface area contributed by atoms with Gasteiger partial charge < -0.3 is 5.32 Å². The first-order valence-electron chi connectivity index (χ1n) is 5.98. The number of alkyl halides is 2. The van der Waals surface area contributed by atoms with Gasteiger partial charge in [0.05, 0.1) is 0 Å². The second-order valence-electron chi connectivity index (χ2n) is 4.03. The van der Waals surface area contributed by atoms with Crippen molar-refractivity contribution in [3.8, 4) is 0 Å². The lowest BCUT2D eigenvalue weighted by molar-refractivity contribution is 0.103. The van der Waals surface area contributed by atoms with Crippen LogP contribution in [0.15, 0.2) is 53.4 Å². The fraction of sp³-hybridized carbons (Fsp3) is 0.133. The maximum absolute atomic E-state index is 12.4. The lowest BCUT2D eigenvalue weighted by atomic mass is 10.0. The molecule has 0 aliphatic heterocycles. The zero-order valence-corrected chi connectivity index (χ0v) is 11.6. The van der Waals surface area contributed by atoms with Gasteiger partial charge in [0.2, 0.25) is 0 Å². The van der Waals surface area contributed by atoms with Crippen LogP contribution >= 0.6 is 11.8 Å². The van der Waals surface area contributed by atoms with Crippen LogP contribution in [0.2, 0.25) is 0 Å². The highest BCUT2D eigenvalue weighted by Gasteiger charge is 2.15. The number of carbonyl (C=O) groups is 1. The van der Waals surface area contributed by atoms with Gasteiger partial charge in [-0.3, -0.25) is 4.79 Å². The molecule has 0 radical (unpaired) electrons. The Kier molecular flexibility index (Phi) is 4.74. The number of benzene rings is 2. The van der Waals surface area contributed by atoms with Gasteiger partial charge in [0, 0.05) is 28.8 Å². The van der Waals surface area contributed by atoms with Crippen LogP contribution in [0.1, 0.15) is 15.9 Å². The van der Waals surface area contributed by atoms with E-state index in [4.69, 9.17) is 0 Å². The smallest absolute Gasteiger partial charge is 0.288 e. The standard InChI is InChI=1S/C15H13F2NOS/c1-18-13-8-7-11(20-15(16)17)9-12(13)14(19)10-5-3-2-4-6-10/h2-9,15,18H,1H3. The minimum absolute atomic E-state index is 0.188. The molecule has 0 amide bonds. The van der Waals surface area contributed by atoms with Crippen LogP contribution in [0.25, 0.3) is 0 Å². The third-order valence-electron chi connectivity index (χ3n) is 2.77. The van der Waals surface area contributed by atoms with Gasteiger partial charge >= 0.3 is 0 Å². The van der Waals surface area contributed by atoms with E-state index in [2.05, 4.69) is 5.32 Å². The monoisotopic (exact) mass is 293 g/mol. The van der Waals surface area contributed by atoms with Gasteiger partial charge in [0.25, 0.3) is 5.76 Å². The molecule has 0 unspecified atom stereocenters. The number of anilines is 1. The van der Waals surface area contributed by atoms with Crippen molar-refractivity contribution in [2.75, 3.05) is 12.4 Å². The predicted molar refractivity (Wildman–Crippen MR) is 77.7 cm³/mol. The Bertz CT molecular complexity index is 602. The zero-order valence-electron chi connectivity index (χ0n) is 10.8. The molecular formula is C15H13F2NOS. The first-order valence-corrected chi connectivity index (χ1v) is 6.86. The van der Waals surface area contributed by atoms with Crippen LogP contribution < -0.4 is 5.32 Å². The summed E-state index contributed by atoms with van der Waals surface area (Å²) in [6, 6.07) is 13.5. The van der Waals surface area contributed by atoms with Crippen molar-refractivity contribution in [3.05, 3.63) is 59.7 Å². The van der Waals surface area contributed by atoms with Gasteiger partial charge in [-0.25, -0.2) is 0 Å². The van der Waals surface area contributed by atoms with E-state index >= 15 is 0 Å². The third kappa shape index (κ3) is 3.36. The Balaban J connectivity index is 2.40. The van der Waals surface area contributed by atoms with Crippen molar-refractivity contribution in [3.63, 3.8) is 0 Å². The second kappa shape index (κ2) is 6.52. The van der Waals surface area contributed by atoms with E-state index in [1.807, 2.05) is 6.07 Å². The fourth-order valence-corrected chi connectivity index (χ4v) is 2.39. The van der Waals surface area contributed by atoms with E-state index in [-0.39, 0.29) is 5.78 Å². The van der Waals surface area contributed by atoms with Crippen molar-refractivity contribution in [1.29, 1.82) is 0 Å². The summed E-state index contributed by atoms with van der Waals surface area (Å²) in [5.41, 5.74) is 1.55. The molecule has 0 fully saturated rings. The average molecular weight is 293 g/mol. The summed E-state index contributed by atoms with van der Waals surface area (Å²) >= 11 is 0.431. The zero-order chi connectivity index (χ0) is 14.5. The maximum Gasteiger partial charge on any atom is 0.288 e. The van der Waals surface area contributed by atoms with E-state index in [9.17, 15) is 13.6 Å². The molecule has 1 N–H and O–H groups in total. The minimum Gasteiger partial charge on any atom is -0.388 e. The molecule has 0 atom stereocenters. The highest BCUT2D eigenvalue weighted by atomic mass is 32.2. The SMILES string of the molecule is CNc1ccc(SC(F)F)cc1C(=O)c1ccccc1. The molecule has 20 heavy (non-hydrogen) atoms. The highest BCUT2D eigenvalue weighted by molar-refractivity contribution is 7.99.